The number of hydrogen-bond acceptors (Lipinski definition) is 4. The highest BCUT2D eigenvalue weighted by Gasteiger charge is 2.30. The fourth-order valence-electron chi connectivity index (χ4n) is 2.99. The van der Waals surface area contributed by atoms with Crippen molar-refractivity contribution >= 4 is 34.8 Å². The maximum atomic E-state index is 6.54. The van der Waals surface area contributed by atoms with Crippen LogP contribution in [0.2, 0.25) is 15.1 Å². The first kappa shape index (κ1) is 19.0. The van der Waals surface area contributed by atoms with E-state index in [-0.39, 0.29) is 12.2 Å². The van der Waals surface area contributed by atoms with Gasteiger partial charge in [0.05, 0.1) is 16.3 Å². The summed E-state index contributed by atoms with van der Waals surface area (Å²) < 4.78 is 12.1. The van der Waals surface area contributed by atoms with E-state index in [0.717, 1.165) is 42.4 Å². The predicted octanol–water partition coefficient (Wildman–Crippen LogP) is 6.85. The Labute approximate surface area is 183 Å². The number of halogens is 3. The highest BCUT2D eigenvalue weighted by atomic mass is 35.5. The minimum atomic E-state index is 0.165. The molecule has 0 amide bonds. The Kier molecular flexibility index (Phi) is 5.02. The van der Waals surface area contributed by atoms with E-state index in [0.29, 0.717) is 32.7 Å². The molecule has 0 radical (unpaired) electrons. The van der Waals surface area contributed by atoms with Crippen molar-refractivity contribution in [3.05, 3.63) is 57.5 Å². The van der Waals surface area contributed by atoms with Crippen molar-refractivity contribution in [2.45, 2.75) is 37.9 Å². The third-order valence-corrected chi connectivity index (χ3v) is 5.57. The Balaban J connectivity index is 1.72. The zero-order valence-electron chi connectivity index (χ0n) is 15.4. The summed E-state index contributed by atoms with van der Waals surface area (Å²) in [7, 11) is 0. The van der Waals surface area contributed by atoms with E-state index in [1.54, 1.807) is 12.1 Å². The van der Waals surface area contributed by atoms with Gasteiger partial charge in [-0.3, -0.25) is 0 Å². The molecule has 0 unspecified atom stereocenters. The summed E-state index contributed by atoms with van der Waals surface area (Å²) in [4.78, 5) is 9.33. The van der Waals surface area contributed by atoms with Gasteiger partial charge in [0.15, 0.2) is 0 Å². The summed E-state index contributed by atoms with van der Waals surface area (Å²) in [5.41, 5.74) is 3.05. The van der Waals surface area contributed by atoms with Gasteiger partial charge in [0.1, 0.15) is 12.2 Å². The smallest absolute Gasteiger partial charge is 0.320 e. The molecule has 5 rings (SSSR count). The second-order valence-electron chi connectivity index (χ2n) is 7.30. The molecule has 0 bridgehead atoms. The Morgan fingerprint density at radius 1 is 0.759 bits per heavy atom. The van der Waals surface area contributed by atoms with Gasteiger partial charge in [0.25, 0.3) is 0 Å². The molecule has 2 fully saturated rings. The Morgan fingerprint density at radius 2 is 1.41 bits per heavy atom. The minimum Gasteiger partial charge on any atom is -0.474 e. The van der Waals surface area contributed by atoms with Crippen LogP contribution in [0.25, 0.3) is 22.4 Å². The molecule has 1 aromatic heterocycles. The quantitative estimate of drug-likeness (QED) is 0.414. The van der Waals surface area contributed by atoms with Crippen molar-refractivity contribution in [1.29, 1.82) is 0 Å². The average molecular weight is 448 g/mol. The summed E-state index contributed by atoms with van der Waals surface area (Å²) in [5.74, 6) is 0.501. The third-order valence-electron chi connectivity index (χ3n) is 4.77. The Hall–Kier alpha value is -2.01. The van der Waals surface area contributed by atoms with Crippen LogP contribution in [0.15, 0.2) is 42.5 Å². The van der Waals surface area contributed by atoms with Crippen molar-refractivity contribution in [3.63, 3.8) is 0 Å². The number of aromatic nitrogens is 2. The van der Waals surface area contributed by atoms with Crippen LogP contribution in [0.5, 0.6) is 11.9 Å². The molecule has 148 valence electrons. The van der Waals surface area contributed by atoms with E-state index in [9.17, 15) is 0 Å². The van der Waals surface area contributed by atoms with Crippen LogP contribution in [-0.2, 0) is 0 Å². The van der Waals surface area contributed by atoms with Crippen LogP contribution < -0.4 is 9.47 Å². The van der Waals surface area contributed by atoms with Gasteiger partial charge in [0, 0.05) is 15.6 Å². The summed E-state index contributed by atoms with van der Waals surface area (Å²) in [6, 6.07) is 13.2. The average Bonchev–Trinajstić information content (AvgIpc) is 3.60. The summed E-state index contributed by atoms with van der Waals surface area (Å²) in [5, 5.41) is 1.71. The summed E-state index contributed by atoms with van der Waals surface area (Å²) in [6.07, 6.45) is 4.38. The van der Waals surface area contributed by atoms with Crippen LogP contribution >= 0.6 is 34.8 Å². The molecule has 2 saturated carbocycles. The molecule has 2 aromatic carbocycles. The zero-order chi connectivity index (χ0) is 20.0. The van der Waals surface area contributed by atoms with E-state index in [2.05, 4.69) is 4.98 Å². The van der Waals surface area contributed by atoms with Crippen LogP contribution in [0.3, 0.4) is 0 Å². The second-order valence-corrected chi connectivity index (χ2v) is 8.58. The zero-order valence-corrected chi connectivity index (χ0v) is 17.6. The van der Waals surface area contributed by atoms with E-state index in [1.165, 1.54) is 0 Å². The molecule has 1 heterocycles. The van der Waals surface area contributed by atoms with E-state index in [1.807, 2.05) is 30.3 Å². The van der Waals surface area contributed by atoms with Gasteiger partial charge in [0.2, 0.25) is 5.88 Å². The molecule has 0 atom stereocenters. The maximum Gasteiger partial charge on any atom is 0.320 e. The predicted molar refractivity (Wildman–Crippen MR) is 115 cm³/mol. The van der Waals surface area contributed by atoms with Gasteiger partial charge < -0.3 is 9.47 Å². The maximum absolute atomic E-state index is 6.54. The van der Waals surface area contributed by atoms with Gasteiger partial charge in [-0.1, -0.05) is 46.9 Å². The lowest BCUT2D eigenvalue weighted by molar-refractivity contribution is 0.257. The lowest BCUT2D eigenvalue weighted by atomic mass is 10.00. The standard InChI is InChI=1S/C22H17Cl3N2O2/c23-13-3-1-12(2-4-13)19-20(17-10-5-14(24)11-18(17)25)26-22(29-16-8-9-16)27-21(19)28-15-6-7-15/h1-5,10-11,15-16H,6-9H2. The number of nitrogens with zero attached hydrogens (tertiary/aromatic N) is 2. The van der Waals surface area contributed by atoms with Crippen molar-refractivity contribution in [2.24, 2.45) is 0 Å². The second kappa shape index (κ2) is 7.67. The van der Waals surface area contributed by atoms with Gasteiger partial charge in [-0.05, 0) is 61.6 Å². The first-order chi connectivity index (χ1) is 14.1. The molecule has 0 aliphatic heterocycles. The van der Waals surface area contributed by atoms with E-state index >= 15 is 0 Å². The molecule has 4 nitrogen and oxygen atoms in total. The van der Waals surface area contributed by atoms with E-state index in [4.69, 9.17) is 49.3 Å². The first-order valence-electron chi connectivity index (χ1n) is 9.53. The molecule has 0 saturated heterocycles. The van der Waals surface area contributed by atoms with Gasteiger partial charge in [-0.25, -0.2) is 0 Å². The van der Waals surface area contributed by atoms with E-state index < -0.39 is 0 Å². The number of rotatable bonds is 6. The van der Waals surface area contributed by atoms with Gasteiger partial charge in [-0.2, -0.15) is 9.97 Å². The molecule has 0 spiro atoms. The summed E-state index contributed by atoms with van der Waals surface area (Å²) >= 11 is 18.8. The van der Waals surface area contributed by atoms with Crippen molar-refractivity contribution in [2.75, 3.05) is 0 Å². The largest absolute Gasteiger partial charge is 0.474 e. The SMILES string of the molecule is Clc1ccc(-c2c(OC3CC3)nc(OC3CC3)nc2-c2ccc(Cl)cc2Cl)cc1. The molecular weight excluding hydrogens is 431 g/mol. The van der Waals surface area contributed by atoms with Crippen molar-refractivity contribution in [3.8, 4) is 34.3 Å². The molecule has 3 aromatic rings. The minimum absolute atomic E-state index is 0.165. The van der Waals surface area contributed by atoms with Crippen LogP contribution in [0, 0.1) is 0 Å². The Morgan fingerprint density at radius 3 is 2.07 bits per heavy atom. The lowest BCUT2D eigenvalue weighted by Crippen LogP contribution is -2.08. The normalized spacial score (nSPS) is 16.0. The fourth-order valence-corrected chi connectivity index (χ4v) is 3.61. The molecule has 2 aliphatic rings. The van der Waals surface area contributed by atoms with Crippen LogP contribution in [0.1, 0.15) is 25.7 Å². The number of ether oxygens (including phenoxy) is 2. The molecule has 29 heavy (non-hydrogen) atoms. The Bertz CT molecular complexity index is 1060. The van der Waals surface area contributed by atoms with Crippen LogP contribution in [-0.4, -0.2) is 22.2 Å². The van der Waals surface area contributed by atoms with Crippen molar-refractivity contribution in [1.82, 2.24) is 9.97 Å². The first-order valence-corrected chi connectivity index (χ1v) is 10.7. The number of benzene rings is 2. The third kappa shape index (κ3) is 4.30. The monoisotopic (exact) mass is 446 g/mol. The highest BCUT2D eigenvalue weighted by molar-refractivity contribution is 6.36. The molecule has 7 heteroatoms. The number of hydrogen-bond donors (Lipinski definition) is 0. The molecular formula is C22H17Cl3N2O2. The molecule has 2 aliphatic carbocycles. The van der Waals surface area contributed by atoms with Gasteiger partial charge in [-0.15, -0.1) is 0 Å². The van der Waals surface area contributed by atoms with Crippen LogP contribution in [0.4, 0.5) is 0 Å². The molecule has 0 N–H and O–H groups in total. The van der Waals surface area contributed by atoms with Crippen molar-refractivity contribution < 1.29 is 9.47 Å². The topological polar surface area (TPSA) is 44.2 Å². The fraction of sp³-hybridized carbons (Fsp3) is 0.273. The summed E-state index contributed by atoms with van der Waals surface area (Å²) in [6.45, 7) is 0. The lowest BCUT2D eigenvalue weighted by Gasteiger charge is -2.17. The highest BCUT2D eigenvalue weighted by Crippen LogP contribution is 2.43. The van der Waals surface area contributed by atoms with Gasteiger partial charge >= 0.3 is 6.01 Å².